The van der Waals surface area contributed by atoms with E-state index >= 15 is 0 Å². The zero-order valence-corrected chi connectivity index (χ0v) is 11.8. The van der Waals surface area contributed by atoms with Gasteiger partial charge in [-0.25, -0.2) is 0 Å². The maximum Gasteiger partial charge on any atom is 0.122 e. The van der Waals surface area contributed by atoms with Crippen molar-refractivity contribution in [2.24, 2.45) is 0 Å². The summed E-state index contributed by atoms with van der Waals surface area (Å²) in [5, 5.41) is 0. The van der Waals surface area contributed by atoms with Crippen molar-refractivity contribution >= 4 is 27.7 Å². The van der Waals surface area contributed by atoms with E-state index in [9.17, 15) is 0 Å². The monoisotopic (exact) mass is 309 g/mol. The van der Waals surface area contributed by atoms with E-state index in [0.717, 1.165) is 16.0 Å². The molecule has 0 saturated heterocycles. The minimum absolute atomic E-state index is 0.882. The van der Waals surface area contributed by atoms with Crippen molar-refractivity contribution in [3.63, 3.8) is 0 Å². The van der Waals surface area contributed by atoms with Crippen molar-refractivity contribution in [2.75, 3.05) is 7.11 Å². The highest BCUT2D eigenvalue weighted by Gasteiger charge is 2.04. The molecule has 0 aliphatic rings. The van der Waals surface area contributed by atoms with Gasteiger partial charge in [0, 0.05) is 33.1 Å². The van der Waals surface area contributed by atoms with Gasteiger partial charge in [0.2, 0.25) is 0 Å². The fourth-order valence-corrected chi connectivity index (χ4v) is 2.73. The van der Waals surface area contributed by atoms with E-state index in [0.29, 0.717) is 0 Å². The molecular formula is C13H12BrNOS. The molecule has 2 nitrogen and oxygen atoms in total. The lowest BCUT2D eigenvalue weighted by molar-refractivity contribution is 0.411. The number of ether oxygens (including phenoxy) is 1. The SMILES string of the molecule is COc1ccc(Br)cc1CSc1ccncc1. The van der Waals surface area contributed by atoms with Crippen molar-refractivity contribution in [2.45, 2.75) is 10.6 Å². The molecule has 0 radical (unpaired) electrons. The topological polar surface area (TPSA) is 22.1 Å². The number of halogens is 1. The molecule has 0 aliphatic heterocycles. The highest BCUT2D eigenvalue weighted by molar-refractivity contribution is 9.10. The molecule has 1 aromatic carbocycles. The second kappa shape index (κ2) is 6.07. The lowest BCUT2D eigenvalue weighted by atomic mass is 10.2. The third-order valence-corrected chi connectivity index (χ3v) is 3.84. The van der Waals surface area contributed by atoms with E-state index in [2.05, 4.69) is 27.0 Å². The fourth-order valence-electron chi connectivity index (χ4n) is 1.46. The van der Waals surface area contributed by atoms with Crippen LogP contribution in [-0.4, -0.2) is 12.1 Å². The predicted octanol–water partition coefficient (Wildman–Crippen LogP) is 4.15. The van der Waals surface area contributed by atoms with Gasteiger partial charge in [-0.15, -0.1) is 11.8 Å². The van der Waals surface area contributed by atoms with E-state index in [-0.39, 0.29) is 0 Å². The Balaban J connectivity index is 2.11. The summed E-state index contributed by atoms with van der Waals surface area (Å²) in [6.07, 6.45) is 3.61. The number of rotatable bonds is 4. The molecule has 0 atom stereocenters. The van der Waals surface area contributed by atoms with Crippen LogP contribution in [0.5, 0.6) is 5.75 Å². The molecule has 2 aromatic rings. The summed E-state index contributed by atoms with van der Waals surface area (Å²) in [5.41, 5.74) is 1.18. The smallest absolute Gasteiger partial charge is 0.122 e. The van der Waals surface area contributed by atoms with Gasteiger partial charge in [-0.05, 0) is 30.3 Å². The Kier molecular flexibility index (Phi) is 4.45. The average molecular weight is 310 g/mol. The number of hydrogen-bond acceptors (Lipinski definition) is 3. The van der Waals surface area contributed by atoms with Crippen LogP contribution >= 0.6 is 27.7 Å². The summed E-state index contributed by atoms with van der Waals surface area (Å²) in [5.74, 6) is 1.81. The summed E-state index contributed by atoms with van der Waals surface area (Å²) in [6.45, 7) is 0. The lowest BCUT2D eigenvalue weighted by Gasteiger charge is -2.08. The van der Waals surface area contributed by atoms with Gasteiger partial charge in [0.1, 0.15) is 5.75 Å². The molecule has 0 aliphatic carbocycles. The predicted molar refractivity (Wildman–Crippen MR) is 74.5 cm³/mol. The molecule has 1 aromatic heterocycles. The maximum atomic E-state index is 5.34. The first-order valence-electron chi connectivity index (χ1n) is 5.15. The van der Waals surface area contributed by atoms with Gasteiger partial charge in [-0.2, -0.15) is 0 Å². The van der Waals surface area contributed by atoms with Crippen LogP contribution in [0.3, 0.4) is 0 Å². The molecular weight excluding hydrogens is 298 g/mol. The van der Waals surface area contributed by atoms with Crippen LogP contribution < -0.4 is 4.74 Å². The molecule has 4 heteroatoms. The number of nitrogens with zero attached hydrogens (tertiary/aromatic N) is 1. The largest absolute Gasteiger partial charge is 0.496 e. The summed E-state index contributed by atoms with van der Waals surface area (Å²) in [7, 11) is 1.70. The van der Waals surface area contributed by atoms with Gasteiger partial charge in [0.05, 0.1) is 7.11 Å². The second-order valence-corrected chi connectivity index (χ2v) is 5.39. The van der Waals surface area contributed by atoms with Crippen LogP contribution in [0.1, 0.15) is 5.56 Å². The quantitative estimate of drug-likeness (QED) is 0.792. The fraction of sp³-hybridized carbons (Fsp3) is 0.154. The highest BCUT2D eigenvalue weighted by atomic mass is 79.9. The van der Waals surface area contributed by atoms with Gasteiger partial charge in [0.15, 0.2) is 0 Å². The maximum absolute atomic E-state index is 5.34. The van der Waals surface area contributed by atoms with E-state index in [1.807, 2.05) is 24.3 Å². The van der Waals surface area contributed by atoms with Crippen LogP contribution in [0, 0.1) is 0 Å². The van der Waals surface area contributed by atoms with Gasteiger partial charge < -0.3 is 4.74 Å². The first kappa shape index (κ1) is 12.5. The Bertz CT molecular complexity index is 490. The molecule has 88 valence electrons. The molecule has 0 saturated carbocycles. The van der Waals surface area contributed by atoms with Gasteiger partial charge >= 0.3 is 0 Å². The molecule has 0 bridgehead atoms. The zero-order valence-electron chi connectivity index (χ0n) is 9.39. The van der Waals surface area contributed by atoms with E-state index < -0.39 is 0 Å². The second-order valence-electron chi connectivity index (χ2n) is 3.43. The van der Waals surface area contributed by atoms with Crippen LogP contribution in [0.15, 0.2) is 52.1 Å². The third-order valence-electron chi connectivity index (χ3n) is 2.29. The number of pyridine rings is 1. The zero-order chi connectivity index (χ0) is 12.1. The molecule has 17 heavy (non-hydrogen) atoms. The lowest BCUT2D eigenvalue weighted by Crippen LogP contribution is -1.90. The molecule has 0 unspecified atom stereocenters. The Labute approximate surface area is 114 Å². The number of methoxy groups -OCH3 is 1. The molecule has 0 spiro atoms. The van der Waals surface area contributed by atoms with Crippen molar-refractivity contribution in [3.8, 4) is 5.75 Å². The number of aromatic nitrogens is 1. The van der Waals surface area contributed by atoms with Gasteiger partial charge in [-0.1, -0.05) is 15.9 Å². The average Bonchev–Trinajstić information content (AvgIpc) is 2.38. The Morgan fingerprint density at radius 3 is 2.71 bits per heavy atom. The first-order chi connectivity index (χ1) is 8.29. The van der Waals surface area contributed by atoms with E-state index in [1.165, 1.54) is 10.5 Å². The summed E-state index contributed by atoms with van der Waals surface area (Å²) in [6, 6.07) is 10.1. The summed E-state index contributed by atoms with van der Waals surface area (Å²) >= 11 is 5.25. The summed E-state index contributed by atoms with van der Waals surface area (Å²) in [4.78, 5) is 5.21. The van der Waals surface area contributed by atoms with Crippen LogP contribution in [0.4, 0.5) is 0 Å². The Morgan fingerprint density at radius 1 is 1.24 bits per heavy atom. The van der Waals surface area contributed by atoms with E-state index in [4.69, 9.17) is 4.74 Å². The van der Waals surface area contributed by atoms with Crippen molar-refractivity contribution in [3.05, 3.63) is 52.8 Å². The first-order valence-corrected chi connectivity index (χ1v) is 6.92. The minimum Gasteiger partial charge on any atom is -0.496 e. The molecule has 1 heterocycles. The molecule has 2 rings (SSSR count). The van der Waals surface area contributed by atoms with Crippen molar-refractivity contribution in [1.82, 2.24) is 4.98 Å². The normalized spacial score (nSPS) is 10.2. The molecule has 0 amide bonds. The molecule has 0 fully saturated rings. The Hall–Kier alpha value is -1.00. The van der Waals surface area contributed by atoms with Crippen LogP contribution in [0.25, 0.3) is 0 Å². The number of thioether (sulfide) groups is 1. The van der Waals surface area contributed by atoms with Crippen molar-refractivity contribution in [1.29, 1.82) is 0 Å². The molecule has 0 N–H and O–H groups in total. The van der Waals surface area contributed by atoms with Crippen LogP contribution in [-0.2, 0) is 5.75 Å². The Morgan fingerprint density at radius 2 is 2.00 bits per heavy atom. The summed E-state index contributed by atoms with van der Waals surface area (Å²) < 4.78 is 6.42. The minimum atomic E-state index is 0.882. The number of hydrogen-bond donors (Lipinski definition) is 0. The van der Waals surface area contributed by atoms with Crippen molar-refractivity contribution < 1.29 is 4.74 Å². The highest BCUT2D eigenvalue weighted by Crippen LogP contribution is 2.29. The third kappa shape index (κ3) is 3.48. The number of benzene rings is 1. The van der Waals surface area contributed by atoms with Gasteiger partial charge in [-0.3, -0.25) is 4.98 Å². The van der Waals surface area contributed by atoms with E-state index in [1.54, 1.807) is 31.3 Å². The standard InChI is InChI=1S/C13H12BrNOS/c1-16-13-3-2-11(14)8-10(13)9-17-12-4-6-15-7-5-12/h2-8H,9H2,1H3. The van der Waals surface area contributed by atoms with Crippen LogP contribution in [0.2, 0.25) is 0 Å². The van der Waals surface area contributed by atoms with Gasteiger partial charge in [0.25, 0.3) is 0 Å².